The number of para-hydroxylation sites is 1. The minimum atomic E-state index is -0.413. The van der Waals surface area contributed by atoms with E-state index >= 15 is 0 Å². The Morgan fingerprint density at radius 3 is 1.36 bits per heavy atom. The van der Waals surface area contributed by atoms with Gasteiger partial charge in [0.05, 0.1) is 16.7 Å². The summed E-state index contributed by atoms with van der Waals surface area (Å²) in [6.07, 6.45) is 0.931. The van der Waals surface area contributed by atoms with Crippen molar-refractivity contribution in [2.45, 2.75) is 50.9 Å². The Morgan fingerprint density at radius 1 is 0.322 bits per heavy atom. The molecule has 0 N–H and O–H groups in total. The molecule has 4 heterocycles. The van der Waals surface area contributed by atoms with Crippen LogP contribution in [0.15, 0.2) is 255 Å². The maximum Gasteiger partial charge on any atom is 0.164 e. The van der Waals surface area contributed by atoms with Gasteiger partial charge >= 0.3 is 0 Å². The molecule has 0 fully saturated rings. The minimum absolute atomic E-state index is 0.187. The lowest BCUT2D eigenvalue weighted by atomic mass is 9.60. The van der Waals surface area contributed by atoms with Crippen LogP contribution in [-0.2, 0) is 17.3 Å². The summed E-state index contributed by atoms with van der Waals surface area (Å²) in [6, 6.07) is 91.7. The van der Waals surface area contributed by atoms with Crippen molar-refractivity contribution < 1.29 is 0 Å². The summed E-state index contributed by atoms with van der Waals surface area (Å²) in [4.78, 5) is 30.8. The standard InChI is InChI=1S/C80H57N7/c1-79(2)65-44-55(77-83-73(48-22-9-5-10-23-48)81-74(84-77)49-24-11-6-12-25-49)36-38-60(65)63-41-54-30-17-18-33-59(54)62-42-57(46-67(79)71(62)63)52-31-21-32-53(40-52)58-43-64-61-34-19-20-35-69(61)87-70-39-37-56(45-66(70)80(3,4)68(47-58)72(64)87)78-85-75(50-26-13-7-14-27-50)82-76(86-78)51-28-15-8-16-29-51/h5-40,42-47,63H,41H2,1-4H3. The summed E-state index contributed by atoms with van der Waals surface area (Å²) >= 11 is 0. The minimum Gasteiger partial charge on any atom is -0.309 e. The van der Waals surface area contributed by atoms with Gasteiger partial charge in [-0.2, -0.15) is 0 Å². The van der Waals surface area contributed by atoms with Crippen LogP contribution in [0.3, 0.4) is 0 Å². The number of aromatic nitrogens is 7. The highest BCUT2D eigenvalue weighted by Gasteiger charge is 2.42. The van der Waals surface area contributed by atoms with Crippen LogP contribution in [0.5, 0.6) is 0 Å². The molecular weight excluding hydrogens is 1060 g/mol. The Hall–Kier alpha value is -10.8. The van der Waals surface area contributed by atoms with Crippen LogP contribution in [0.25, 0.3) is 129 Å². The Kier molecular flexibility index (Phi) is 11.3. The molecule has 1 unspecified atom stereocenters. The largest absolute Gasteiger partial charge is 0.309 e. The third kappa shape index (κ3) is 8.10. The second-order valence-corrected chi connectivity index (χ2v) is 24.6. The molecule has 17 rings (SSSR count). The molecule has 0 spiro atoms. The van der Waals surface area contributed by atoms with Gasteiger partial charge in [0, 0.05) is 60.9 Å². The van der Waals surface area contributed by atoms with E-state index in [1.807, 2.05) is 72.8 Å². The first kappa shape index (κ1) is 50.7. The monoisotopic (exact) mass is 1120 g/mol. The molecule has 0 radical (unpaired) electrons. The summed E-state index contributed by atoms with van der Waals surface area (Å²) in [6.45, 7) is 9.58. The summed E-state index contributed by atoms with van der Waals surface area (Å²) in [7, 11) is 0. The van der Waals surface area contributed by atoms with Crippen molar-refractivity contribution in [1.29, 1.82) is 0 Å². The SMILES string of the molecule is CC1(C)c2cc(-c3nc(-c4ccccc4)nc(-c4ccccc4)n3)ccc2C2Cc3ccccc3-c3cc(-c4cccc(-c5cc6c7c(c5)c5ccccc5n7-c5ccc(-c7nc(-c8ccccc8)nc(-c8ccccc8)n7)cc5C6(C)C)c4)cc1c32. The fourth-order valence-electron chi connectivity index (χ4n) is 14.4. The lowest BCUT2D eigenvalue weighted by molar-refractivity contribution is 0.577. The first-order chi connectivity index (χ1) is 42.6. The normalized spacial score (nSPS) is 14.7. The van der Waals surface area contributed by atoms with Crippen LogP contribution in [0, 0.1) is 0 Å². The molecule has 1 atom stereocenters. The van der Waals surface area contributed by atoms with Gasteiger partial charge in [-0.25, -0.2) is 29.9 Å². The summed E-state index contributed by atoms with van der Waals surface area (Å²) in [5.41, 5.74) is 25.2. The highest BCUT2D eigenvalue weighted by molar-refractivity contribution is 6.13. The van der Waals surface area contributed by atoms with Gasteiger partial charge in [0.15, 0.2) is 34.9 Å². The Bertz CT molecular complexity index is 5010. The lowest BCUT2D eigenvalue weighted by Crippen LogP contribution is -2.32. The second kappa shape index (κ2) is 19.4. The third-order valence-corrected chi connectivity index (χ3v) is 18.8. The zero-order valence-electron chi connectivity index (χ0n) is 48.7. The molecule has 2 aliphatic carbocycles. The van der Waals surface area contributed by atoms with E-state index in [-0.39, 0.29) is 11.3 Å². The maximum absolute atomic E-state index is 5.19. The van der Waals surface area contributed by atoms with Crippen molar-refractivity contribution in [3.63, 3.8) is 0 Å². The molecule has 0 amide bonds. The van der Waals surface area contributed by atoms with Crippen molar-refractivity contribution in [2.24, 2.45) is 0 Å². The van der Waals surface area contributed by atoms with E-state index in [2.05, 4.69) is 214 Å². The molecule has 7 heteroatoms. The summed E-state index contributed by atoms with van der Waals surface area (Å²) in [5.74, 6) is 4.10. The van der Waals surface area contributed by atoms with E-state index in [1.165, 1.54) is 99.8 Å². The molecular formula is C80H57N7. The molecule has 0 saturated heterocycles. The first-order valence-corrected chi connectivity index (χ1v) is 30.1. The van der Waals surface area contributed by atoms with Gasteiger partial charge in [-0.15, -0.1) is 0 Å². The molecule has 3 aliphatic rings. The van der Waals surface area contributed by atoms with E-state index in [1.54, 1.807) is 0 Å². The van der Waals surface area contributed by atoms with Gasteiger partial charge in [-0.3, -0.25) is 0 Å². The molecule has 14 aromatic rings. The van der Waals surface area contributed by atoms with E-state index < -0.39 is 5.41 Å². The fraction of sp³-hybridized carbons (Fsp3) is 0.100. The van der Waals surface area contributed by atoms with Crippen LogP contribution in [0.2, 0.25) is 0 Å². The third-order valence-electron chi connectivity index (χ3n) is 18.8. The number of nitrogens with zero attached hydrogens (tertiary/aromatic N) is 7. The molecule has 11 aromatic carbocycles. The Labute approximate surface area is 505 Å². The highest BCUT2D eigenvalue weighted by Crippen LogP contribution is 2.56. The Balaban J connectivity index is 0.793. The van der Waals surface area contributed by atoms with E-state index in [0.717, 1.165) is 39.8 Å². The van der Waals surface area contributed by atoms with Gasteiger partial charge in [-0.1, -0.05) is 222 Å². The smallest absolute Gasteiger partial charge is 0.164 e. The van der Waals surface area contributed by atoms with E-state index in [4.69, 9.17) is 29.9 Å². The van der Waals surface area contributed by atoms with E-state index in [0.29, 0.717) is 34.9 Å². The second-order valence-electron chi connectivity index (χ2n) is 24.6. The van der Waals surface area contributed by atoms with Crippen LogP contribution in [0.4, 0.5) is 0 Å². The van der Waals surface area contributed by atoms with E-state index in [9.17, 15) is 0 Å². The zero-order valence-corrected chi connectivity index (χ0v) is 48.7. The summed E-state index contributed by atoms with van der Waals surface area (Å²) in [5, 5.41) is 2.47. The molecule has 7 nitrogen and oxygen atoms in total. The van der Waals surface area contributed by atoms with Crippen molar-refractivity contribution in [2.75, 3.05) is 0 Å². The zero-order chi connectivity index (χ0) is 58.1. The van der Waals surface area contributed by atoms with Crippen LogP contribution >= 0.6 is 0 Å². The van der Waals surface area contributed by atoms with Gasteiger partial charge in [0.1, 0.15) is 0 Å². The topological polar surface area (TPSA) is 82.3 Å². The van der Waals surface area contributed by atoms with Crippen molar-refractivity contribution in [3.8, 4) is 107 Å². The molecule has 1 aliphatic heterocycles. The van der Waals surface area contributed by atoms with Crippen LogP contribution in [0.1, 0.15) is 72.6 Å². The van der Waals surface area contributed by atoms with Gasteiger partial charge in [-0.05, 0) is 139 Å². The number of hydrogen-bond acceptors (Lipinski definition) is 6. The lowest BCUT2D eigenvalue weighted by Gasteiger charge is -2.43. The number of fused-ring (bicyclic) bond motifs is 9. The first-order valence-electron chi connectivity index (χ1n) is 30.1. The van der Waals surface area contributed by atoms with Crippen molar-refractivity contribution in [3.05, 3.63) is 294 Å². The van der Waals surface area contributed by atoms with Crippen molar-refractivity contribution >= 4 is 21.8 Å². The highest BCUT2D eigenvalue weighted by atomic mass is 15.0. The average molecular weight is 1120 g/mol. The summed E-state index contributed by atoms with van der Waals surface area (Å²) < 4.78 is 2.49. The number of benzene rings is 11. The molecule has 0 bridgehead atoms. The predicted octanol–water partition coefficient (Wildman–Crippen LogP) is 19.1. The van der Waals surface area contributed by atoms with Crippen molar-refractivity contribution in [1.82, 2.24) is 34.5 Å². The molecule has 87 heavy (non-hydrogen) atoms. The fourth-order valence-corrected chi connectivity index (χ4v) is 14.4. The van der Waals surface area contributed by atoms with Crippen LogP contribution < -0.4 is 0 Å². The predicted molar refractivity (Wildman–Crippen MR) is 353 cm³/mol. The average Bonchev–Trinajstić information content (AvgIpc) is 1.72. The number of hydrogen-bond donors (Lipinski definition) is 0. The number of rotatable bonds is 8. The molecule has 0 saturated carbocycles. The Morgan fingerprint density at radius 2 is 0.770 bits per heavy atom. The van der Waals surface area contributed by atoms with Gasteiger partial charge in [0.2, 0.25) is 0 Å². The van der Waals surface area contributed by atoms with Gasteiger partial charge in [0.25, 0.3) is 0 Å². The maximum atomic E-state index is 5.19. The molecule has 3 aromatic heterocycles. The van der Waals surface area contributed by atoms with Gasteiger partial charge < -0.3 is 4.57 Å². The van der Waals surface area contributed by atoms with Crippen LogP contribution in [-0.4, -0.2) is 34.5 Å². The quantitative estimate of drug-likeness (QED) is 0.151. The molecule has 412 valence electrons.